The lowest BCUT2D eigenvalue weighted by Crippen LogP contribution is -2.71. The van der Waals surface area contributed by atoms with Crippen LogP contribution in [0.15, 0.2) is 0 Å². The minimum absolute atomic E-state index is 0.0587. The SMILES string of the molecule is CC(C)C[C@H](NC(=O)C(F)(F)F)C(=O)N1[C@@H]2CC[C@H]([C@H]1C(=O)N[C@H](C#N)C[C@@H]1CCNC1=O)C(F)(F)C2. The van der Waals surface area contributed by atoms with Crippen LogP contribution in [0.1, 0.15) is 52.4 Å². The van der Waals surface area contributed by atoms with E-state index in [4.69, 9.17) is 0 Å². The topological polar surface area (TPSA) is 131 Å². The second-order valence-electron chi connectivity index (χ2n) is 10.3. The summed E-state index contributed by atoms with van der Waals surface area (Å²) in [5, 5.41) is 16.1. The summed E-state index contributed by atoms with van der Waals surface area (Å²) in [4.78, 5) is 51.1. The van der Waals surface area contributed by atoms with Gasteiger partial charge in [0.05, 0.1) is 12.0 Å². The van der Waals surface area contributed by atoms with Crippen LogP contribution in [0, 0.1) is 29.1 Å². The fraction of sp³-hybridized carbons (Fsp3) is 0.783. The first-order valence-corrected chi connectivity index (χ1v) is 12.2. The highest BCUT2D eigenvalue weighted by Crippen LogP contribution is 2.49. The minimum Gasteiger partial charge on any atom is -0.356 e. The van der Waals surface area contributed by atoms with Crippen molar-refractivity contribution in [2.45, 2.75) is 88.6 Å². The Balaban J connectivity index is 1.87. The van der Waals surface area contributed by atoms with Gasteiger partial charge < -0.3 is 20.9 Å². The number of nitriles is 1. The Kier molecular flexibility index (Phi) is 8.34. The van der Waals surface area contributed by atoms with Crippen molar-refractivity contribution in [3.8, 4) is 6.07 Å². The number of hydrogen-bond acceptors (Lipinski definition) is 5. The highest BCUT2D eigenvalue weighted by molar-refractivity contribution is 5.94. The molecule has 3 N–H and O–H groups in total. The van der Waals surface area contributed by atoms with Gasteiger partial charge in [-0.15, -0.1) is 0 Å². The van der Waals surface area contributed by atoms with Gasteiger partial charge in [0.25, 0.3) is 5.92 Å². The van der Waals surface area contributed by atoms with Gasteiger partial charge in [-0.25, -0.2) is 8.78 Å². The molecule has 0 aromatic rings. The van der Waals surface area contributed by atoms with Gasteiger partial charge in [0.2, 0.25) is 17.7 Å². The summed E-state index contributed by atoms with van der Waals surface area (Å²) in [6.45, 7) is 3.62. The summed E-state index contributed by atoms with van der Waals surface area (Å²) < 4.78 is 68.5. The Morgan fingerprint density at radius 3 is 2.38 bits per heavy atom. The summed E-state index contributed by atoms with van der Waals surface area (Å²) in [6, 6.07) is -3.94. The first kappa shape index (κ1) is 28.6. The maximum Gasteiger partial charge on any atom is 0.471 e. The zero-order valence-electron chi connectivity index (χ0n) is 20.4. The van der Waals surface area contributed by atoms with Gasteiger partial charge in [0.15, 0.2) is 0 Å². The third kappa shape index (κ3) is 6.30. The van der Waals surface area contributed by atoms with Crippen LogP contribution in [-0.4, -0.2) is 71.3 Å². The van der Waals surface area contributed by atoms with E-state index in [0.29, 0.717) is 13.0 Å². The van der Waals surface area contributed by atoms with Crippen LogP contribution in [0.2, 0.25) is 0 Å². The zero-order chi connectivity index (χ0) is 27.7. The number of carbonyl (C=O) groups excluding carboxylic acids is 4. The van der Waals surface area contributed by atoms with Crippen molar-refractivity contribution in [2.24, 2.45) is 17.8 Å². The monoisotopic (exact) mass is 535 g/mol. The van der Waals surface area contributed by atoms with E-state index in [-0.39, 0.29) is 37.5 Å². The van der Waals surface area contributed by atoms with Crippen molar-refractivity contribution in [2.75, 3.05) is 6.54 Å². The lowest BCUT2D eigenvalue weighted by atomic mass is 9.71. The highest BCUT2D eigenvalue weighted by atomic mass is 19.4. The molecule has 2 bridgehead atoms. The summed E-state index contributed by atoms with van der Waals surface area (Å²) in [5.41, 5.74) is 0. The summed E-state index contributed by atoms with van der Waals surface area (Å²) in [5.74, 6) is -10.6. The molecule has 4 rings (SSSR count). The number of carbonyl (C=O) groups is 4. The first-order chi connectivity index (χ1) is 17.2. The summed E-state index contributed by atoms with van der Waals surface area (Å²) in [6.07, 6.45) is -5.87. The van der Waals surface area contributed by atoms with Crippen molar-refractivity contribution in [1.82, 2.24) is 20.9 Å². The molecule has 0 unspecified atom stereocenters. The zero-order valence-corrected chi connectivity index (χ0v) is 20.4. The molecule has 6 atom stereocenters. The fourth-order valence-electron chi connectivity index (χ4n) is 5.49. The van der Waals surface area contributed by atoms with E-state index in [1.165, 1.54) is 0 Å². The van der Waals surface area contributed by atoms with Crippen molar-refractivity contribution in [1.29, 1.82) is 5.26 Å². The highest BCUT2D eigenvalue weighted by Gasteiger charge is 2.61. The van der Waals surface area contributed by atoms with E-state index >= 15 is 0 Å². The number of nitrogens with zero attached hydrogens (tertiary/aromatic N) is 2. The van der Waals surface area contributed by atoms with E-state index in [2.05, 4.69) is 10.6 Å². The lowest BCUT2D eigenvalue weighted by molar-refractivity contribution is -0.196. The maximum absolute atomic E-state index is 14.9. The fourth-order valence-corrected chi connectivity index (χ4v) is 5.49. The average molecular weight is 536 g/mol. The molecule has 1 aliphatic carbocycles. The Morgan fingerprint density at radius 2 is 1.86 bits per heavy atom. The Hall–Kier alpha value is -2.98. The third-order valence-electron chi connectivity index (χ3n) is 7.18. The van der Waals surface area contributed by atoms with Gasteiger partial charge >= 0.3 is 12.1 Å². The van der Waals surface area contributed by atoms with Gasteiger partial charge in [-0.05, 0) is 38.0 Å². The van der Waals surface area contributed by atoms with E-state index < -0.39 is 72.2 Å². The molecule has 4 fully saturated rings. The first-order valence-electron chi connectivity index (χ1n) is 12.2. The quantitative estimate of drug-likeness (QED) is 0.407. The largest absolute Gasteiger partial charge is 0.471 e. The summed E-state index contributed by atoms with van der Waals surface area (Å²) >= 11 is 0. The molecule has 4 amide bonds. The van der Waals surface area contributed by atoms with Crippen LogP contribution in [-0.2, 0) is 19.2 Å². The smallest absolute Gasteiger partial charge is 0.356 e. The van der Waals surface area contributed by atoms with Gasteiger partial charge in [-0.2, -0.15) is 18.4 Å². The number of amides is 4. The Labute approximate surface area is 210 Å². The second kappa shape index (κ2) is 10.8. The number of alkyl halides is 5. The van der Waals surface area contributed by atoms with Crippen LogP contribution in [0.3, 0.4) is 0 Å². The molecule has 14 heteroatoms. The minimum atomic E-state index is -5.27. The molecule has 3 heterocycles. The molecular weight excluding hydrogens is 505 g/mol. The molecule has 37 heavy (non-hydrogen) atoms. The van der Waals surface area contributed by atoms with Crippen molar-refractivity contribution in [3.63, 3.8) is 0 Å². The van der Waals surface area contributed by atoms with Crippen LogP contribution in [0.5, 0.6) is 0 Å². The van der Waals surface area contributed by atoms with Gasteiger partial charge in [-0.3, -0.25) is 19.2 Å². The van der Waals surface area contributed by atoms with Crippen molar-refractivity contribution in [3.05, 3.63) is 0 Å². The summed E-state index contributed by atoms with van der Waals surface area (Å²) in [7, 11) is 0. The predicted octanol–water partition coefficient (Wildman–Crippen LogP) is 1.63. The lowest BCUT2D eigenvalue weighted by Gasteiger charge is -2.54. The van der Waals surface area contributed by atoms with Crippen LogP contribution in [0.25, 0.3) is 0 Å². The molecule has 9 nitrogen and oxygen atoms in total. The predicted molar refractivity (Wildman–Crippen MR) is 117 cm³/mol. The molecule has 4 aliphatic rings. The number of nitrogens with one attached hydrogen (secondary N) is 3. The Bertz CT molecular complexity index is 966. The van der Waals surface area contributed by atoms with E-state index in [1.54, 1.807) is 19.2 Å². The molecule has 0 spiro atoms. The van der Waals surface area contributed by atoms with Crippen LogP contribution in [0.4, 0.5) is 22.0 Å². The normalized spacial score (nSPS) is 28.3. The van der Waals surface area contributed by atoms with Crippen molar-refractivity contribution >= 4 is 23.6 Å². The second-order valence-corrected chi connectivity index (χ2v) is 10.3. The molecule has 0 radical (unpaired) electrons. The molecule has 3 saturated heterocycles. The molecule has 206 valence electrons. The van der Waals surface area contributed by atoms with Gasteiger partial charge in [0, 0.05) is 24.9 Å². The molecular formula is C23H30F5N5O4. The van der Waals surface area contributed by atoms with Gasteiger partial charge in [0.1, 0.15) is 18.1 Å². The molecule has 0 aromatic heterocycles. The van der Waals surface area contributed by atoms with Crippen molar-refractivity contribution < 1.29 is 41.1 Å². The molecule has 0 aromatic carbocycles. The number of hydrogen-bond donors (Lipinski definition) is 3. The third-order valence-corrected chi connectivity index (χ3v) is 7.18. The number of rotatable bonds is 8. The standard InChI is InChI=1S/C23H30F5N5O4/c1-11(2)7-16(32-21(37)23(26,27)28)20(36)33-14-3-4-15(22(24,25)9-14)17(33)19(35)31-13(10-29)8-12-5-6-30-18(12)34/h11-17H,3-9H2,1-2H3,(H,30,34)(H,31,35)(H,32,37)/t12-,13-,14+,15+,16-,17-/m0/s1. The van der Waals surface area contributed by atoms with Gasteiger partial charge in [-0.1, -0.05) is 13.8 Å². The maximum atomic E-state index is 14.9. The van der Waals surface area contributed by atoms with Crippen LogP contribution >= 0.6 is 0 Å². The molecule has 1 saturated carbocycles. The van der Waals surface area contributed by atoms with E-state index in [0.717, 1.165) is 4.90 Å². The van der Waals surface area contributed by atoms with E-state index in [9.17, 15) is 46.4 Å². The number of halogens is 5. The average Bonchev–Trinajstić information content (AvgIpc) is 3.19. The Morgan fingerprint density at radius 1 is 1.19 bits per heavy atom. The number of piperidine rings is 2. The van der Waals surface area contributed by atoms with E-state index in [1.807, 2.05) is 6.07 Å². The molecule has 3 aliphatic heterocycles. The van der Waals surface area contributed by atoms with Crippen LogP contribution < -0.4 is 16.0 Å². The number of fused-ring (bicyclic) bond motifs is 3.